The normalized spacial score (nSPS) is 14.9. The van der Waals surface area contributed by atoms with Gasteiger partial charge in [-0.15, -0.1) is 0 Å². The van der Waals surface area contributed by atoms with Crippen molar-refractivity contribution in [3.05, 3.63) is 63.3 Å². The number of carboxylic acids is 1. The number of carbonyl (C=O) groups excluding carboxylic acids is 1. The van der Waals surface area contributed by atoms with Gasteiger partial charge in [0.15, 0.2) is 11.5 Å². The summed E-state index contributed by atoms with van der Waals surface area (Å²) >= 11 is 12.3. The Balaban J connectivity index is 1.76. The first kappa shape index (κ1) is 23.1. The molecule has 1 aliphatic rings. The molecule has 0 atom stereocenters. The highest BCUT2D eigenvalue weighted by Crippen LogP contribution is 2.35. The van der Waals surface area contributed by atoms with Gasteiger partial charge in [-0.3, -0.25) is 14.5 Å². The number of nitrogens with zero attached hydrogens (tertiary/aromatic N) is 1. The standard InChI is InChI=1S/C21H17ClFNO5S2/c1-28-17-9-12(10-18-20(27)24(21(30)31-18)8-7-19(25)26)5-6-16(17)29-11-13-14(22)3-2-4-15(13)23/h2-6,9-10H,7-8,11H2,1H3,(H,25,26)/b18-10+. The number of hydrogen-bond acceptors (Lipinski definition) is 6. The van der Waals surface area contributed by atoms with Crippen molar-refractivity contribution in [1.82, 2.24) is 4.90 Å². The molecule has 1 N–H and O–H groups in total. The Kier molecular flexibility index (Phi) is 7.53. The third kappa shape index (κ3) is 5.55. The van der Waals surface area contributed by atoms with Crippen LogP contribution in [-0.4, -0.2) is 39.9 Å². The highest BCUT2D eigenvalue weighted by atomic mass is 35.5. The van der Waals surface area contributed by atoms with Gasteiger partial charge in [-0.1, -0.05) is 47.7 Å². The number of halogens is 2. The number of carbonyl (C=O) groups is 2. The summed E-state index contributed by atoms with van der Waals surface area (Å²) in [5, 5.41) is 9.09. The van der Waals surface area contributed by atoms with Crippen molar-refractivity contribution < 1.29 is 28.6 Å². The first-order valence-corrected chi connectivity index (χ1v) is 10.6. The second-order valence-corrected chi connectivity index (χ2v) is 8.46. The largest absolute Gasteiger partial charge is 0.493 e. The van der Waals surface area contributed by atoms with Crippen LogP contribution < -0.4 is 9.47 Å². The number of methoxy groups -OCH3 is 1. The molecule has 1 aliphatic heterocycles. The minimum Gasteiger partial charge on any atom is -0.493 e. The molecule has 0 aromatic heterocycles. The van der Waals surface area contributed by atoms with E-state index < -0.39 is 11.8 Å². The van der Waals surface area contributed by atoms with Gasteiger partial charge >= 0.3 is 5.97 Å². The van der Waals surface area contributed by atoms with Crippen LogP contribution >= 0.6 is 35.6 Å². The summed E-state index contributed by atoms with van der Waals surface area (Å²) in [6.45, 7) is -0.0600. The number of benzene rings is 2. The molecule has 0 radical (unpaired) electrons. The molecule has 0 bridgehead atoms. The zero-order chi connectivity index (χ0) is 22.5. The average molecular weight is 482 g/mol. The summed E-state index contributed by atoms with van der Waals surface area (Å²) in [5.41, 5.74) is 0.896. The maximum absolute atomic E-state index is 13.9. The van der Waals surface area contributed by atoms with Crippen LogP contribution in [0.5, 0.6) is 11.5 Å². The van der Waals surface area contributed by atoms with E-state index in [9.17, 15) is 14.0 Å². The highest BCUT2D eigenvalue weighted by Gasteiger charge is 2.32. The quantitative estimate of drug-likeness (QED) is 0.431. The van der Waals surface area contributed by atoms with Gasteiger partial charge in [-0.25, -0.2) is 4.39 Å². The van der Waals surface area contributed by atoms with Crippen LogP contribution in [0.2, 0.25) is 5.02 Å². The first-order chi connectivity index (χ1) is 14.8. The van der Waals surface area contributed by atoms with E-state index in [0.29, 0.717) is 26.3 Å². The number of rotatable bonds is 8. The predicted molar refractivity (Wildman–Crippen MR) is 121 cm³/mol. The van der Waals surface area contributed by atoms with E-state index in [-0.39, 0.29) is 36.1 Å². The predicted octanol–water partition coefficient (Wildman–Crippen LogP) is 4.74. The lowest BCUT2D eigenvalue weighted by molar-refractivity contribution is -0.137. The lowest BCUT2D eigenvalue weighted by atomic mass is 10.1. The Bertz CT molecular complexity index is 1060. The molecule has 3 rings (SSSR count). The first-order valence-electron chi connectivity index (χ1n) is 9.01. The Labute approximate surface area is 192 Å². The van der Waals surface area contributed by atoms with Crippen LogP contribution in [0.1, 0.15) is 17.5 Å². The smallest absolute Gasteiger partial charge is 0.305 e. The number of hydrogen-bond donors (Lipinski definition) is 1. The van der Waals surface area contributed by atoms with Crippen molar-refractivity contribution in [2.75, 3.05) is 13.7 Å². The lowest BCUT2D eigenvalue weighted by Gasteiger charge is -2.13. The van der Waals surface area contributed by atoms with Crippen LogP contribution in [0.4, 0.5) is 4.39 Å². The van der Waals surface area contributed by atoms with Crippen LogP contribution in [0.25, 0.3) is 6.08 Å². The summed E-state index contributed by atoms with van der Waals surface area (Å²) in [6.07, 6.45) is 1.45. The maximum atomic E-state index is 13.9. The number of carboxylic acid groups (broad SMARTS) is 1. The van der Waals surface area contributed by atoms with Crippen molar-refractivity contribution in [3.63, 3.8) is 0 Å². The van der Waals surface area contributed by atoms with Gasteiger partial charge in [-0.05, 0) is 35.9 Å². The van der Waals surface area contributed by atoms with E-state index in [4.69, 9.17) is 38.4 Å². The molecule has 10 heteroatoms. The lowest BCUT2D eigenvalue weighted by Crippen LogP contribution is -2.30. The van der Waals surface area contributed by atoms with Crippen molar-refractivity contribution >= 4 is 57.9 Å². The molecule has 1 saturated heterocycles. The second-order valence-electron chi connectivity index (χ2n) is 6.38. The van der Waals surface area contributed by atoms with Gasteiger partial charge < -0.3 is 14.6 Å². The fraction of sp³-hybridized carbons (Fsp3) is 0.190. The summed E-state index contributed by atoms with van der Waals surface area (Å²) < 4.78 is 25.3. The number of aliphatic carboxylic acids is 1. The minimum atomic E-state index is -1.00. The SMILES string of the molecule is COc1cc(/C=C2/SC(=S)N(CCC(=O)O)C2=O)ccc1OCc1c(F)cccc1Cl. The molecular formula is C21H17ClFNO5S2. The monoisotopic (exact) mass is 481 g/mol. The molecule has 2 aromatic carbocycles. The van der Waals surface area contributed by atoms with Gasteiger partial charge in [0.2, 0.25) is 0 Å². The average Bonchev–Trinajstić information content (AvgIpc) is 2.99. The van der Waals surface area contributed by atoms with E-state index >= 15 is 0 Å². The van der Waals surface area contributed by atoms with Gasteiger partial charge in [0, 0.05) is 12.1 Å². The van der Waals surface area contributed by atoms with Crippen LogP contribution in [-0.2, 0) is 16.2 Å². The topological polar surface area (TPSA) is 76.1 Å². The summed E-state index contributed by atoms with van der Waals surface area (Å²) in [5.74, 6) is -1.04. The molecule has 6 nitrogen and oxygen atoms in total. The number of ether oxygens (including phenoxy) is 2. The minimum absolute atomic E-state index is 0.0199. The zero-order valence-corrected chi connectivity index (χ0v) is 18.7. The Morgan fingerprint density at radius 2 is 2.10 bits per heavy atom. The van der Waals surface area contributed by atoms with Crippen LogP contribution in [0, 0.1) is 5.82 Å². The van der Waals surface area contributed by atoms with Gasteiger partial charge in [0.25, 0.3) is 5.91 Å². The summed E-state index contributed by atoms with van der Waals surface area (Å²) in [4.78, 5) is 24.9. The molecule has 1 fully saturated rings. The van der Waals surface area contributed by atoms with E-state index in [0.717, 1.165) is 11.8 Å². The molecule has 162 valence electrons. The van der Waals surface area contributed by atoms with Crippen molar-refractivity contribution in [2.45, 2.75) is 13.0 Å². The fourth-order valence-electron chi connectivity index (χ4n) is 2.76. The number of thioether (sulfide) groups is 1. The van der Waals surface area contributed by atoms with E-state index in [1.807, 2.05) is 0 Å². The Hall–Kier alpha value is -2.62. The summed E-state index contributed by atoms with van der Waals surface area (Å²) in [7, 11) is 1.47. The van der Waals surface area contributed by atoms with Crippen LogP contribution in [0.15, 0.2) is 41.3 Å². The van der Waals surface area contributed by atoms with E-state index in [2.05, 4.69) is 0 Å². The fourth-order valence-corrected chi connectivity index (χ4v) is 4.29. The van der Waals surface area contributed by atoms with Crippen LogP contribution in [0.3, 0.4) is 0 Å². The maximum Gasteiger partial charge on any atom is 0.305 e. The van der Waals surface area contributed by atoms with Gasteiger partial charge in [0.1, 0.15) is 16.7 Å². The molecule has 0 saturated carbocycles. The molecule has 31 heavy (non-hydrogen) atoms. The molecule has 2 aromatic rings. The third-order valence-corrected chi connectivity index (χ3v) is 6.07. The Morgan fingerprint density at radius 3 is 2.77 bits per heavy atom. The van der Waals surface area contributed by atoms with Crippen molar-refractivity contribution in [2.24, 2.45) is 0 Å². The molecule has 1 amide bonds. The van der Waals surface area contributed by atoms with Gasteiger partial charge in [0.05, 0.1) is 23.5 Å². The van der Waals surface area contributed by atoms with E-state index in [1.54, 1.807) is 30.3 Å². The number of thiocarbonyl (C=S) groups is 1. The highest BCUT2D eigenvalue weighted by molar-refractivity contribution is 8.26. The second kappa shape index (κ2) is 10.1. The van der Waals surface area contributed by atoms with Crippen molar-refractivity contribution in [1.29, 1.82) is 0 Å². The molecular weight excluding hydrogens is 465 g/mol. The van der Waals surface area contributed by atoms with Crippen molar-refractivity contribution in [3.8, 4) is 11.5 Å². The molecule has 0 unspecified atom stereocenters. The Morgan fingerprint density at radius 1 is 1.32 bits per heavy atom. The molecule has 0 aliphatic carbocycles. The summed E-state index contributed by atoms with van der Waals surface area (Å²) in [6, 6.07) is 9.42. The molecule has 1 heterocycles. The number of amides is 1. The third-order valence-electron chi connectivity index (χ3n) is 4.34. The zero-order valence-electron chi connectivity index (χ0n) is 16.3. The van der Waals surface area contributed by atoms with E-state index in [1.165, 1.54) is 24.1 Å². The molecule has 0 spiro atoms. The van der Waals surface area contributed by atoms with Gasteiger partial charge in [-0.2, -0.15) is 0 Å².